The second kappa shape index (κ2) is 4.85. The van der Waals surface area contributed by atoms with Crippen molar-refractivity contribution in [1.82, 2.24) is 4.90 Å². The molecule has 1 amide bonds. The largest absolute Gasteiger partial charge is 0.480 e. The molecule has 6 heteroatoms. The van der Waals surface area contributed by atoms with E-state index in [-0.39, 0.29) is 24.7 Å². The number of primary amides is 1. The molecule has 0 radical (unpaired) electrons. The number of hydrogen-bond acceptors (Lipinski definition) is 4. The average Bonchev–Trinajstić information content (AvgIpc) is 2.31. The van der Waals surface area contributed by atoms with Crippen LogP contribution in [0.4, 0.5) is 0 Å². The van der Waals surface area contributed by atoms with E-state index in [9.17, 15) is 9.59 Å². The van der Waals surface area contributed by atoms with Crippen LogP contribution in [0.15, 0.2) is 0 Å². The minimum Gasteiger partial charge on any atom is -0.480 e. The number of rotatable bonds is 5. The summed E-state index contributed by atoms with van der Waals surface area (Å²) in [7, 11) is 0. The van der Waals surface area contributed by atoms with Crippen LogP contribution in [-0.4, -0.2) is 52.2 Å². The quantitative estimate of drug-likeness (QED) is 0.735. The maximum atomic E-state index is 11.1. The highest BCUT2D eigenvalue weighted by Crippen LogP contribution is 2.39. The van der Waals surface area contributed by atoms with E-state index < -0.39 is 17.5 Å². The Kier molecular flexibility index (Phi) is 4.02. The van der Waals surface area contributed by atoms with E-state index >= 15 is 0 Å². The Hall–Kier alpha value is -1.14. The van der Waals surface area contributed by atoms with Gasteiger partial charge in [0, 0.05) is 6.04 Å². The molecule has 1 atom stereocenters. The minimum absolute atomic E-state index is 0.0696. The molecule has 1 saturated heterocycles. The number of carboxylic acids is 1. The summed E-state index contributed by atoms with van der Waals surface area (Å²) in [6.45, 7) is 7.44. The first-order valence-corrected chi connectivity index (χ1v) is 5.98. The first kappa shape index (κ1) is 14.9. The fraction of sp³-hybridized carbons (Fsp3) is 0.833. The Morgan fingerprint density at radius 1 is 1.33 bits per heavy atom. The topological polar surface area (TPSA) is 92.9 Å². The zero-order chi connectivity index (χ0) is 14.1. The van der Waals surface area contributed by atoms with Crippen LogP contribution >= 0.6 is 0 Å². The van der Waals surface area contributed by atoms with Crippen molar-refractivity contribution in [3.05, 3.63) is 0 Å². The lowest BCUT2D eigenvalue weighted by atomic mass is 9.93. The second-order valence-corrected chi connectivity index (χ2v) is 5.95. The molecule has 3 N–H and O–H groups in total. The molecule has 0 aliphatic carbocycles. The number of amides is 1. The smallest absolute Gasteiger partial charge is 0.317 e. The van der Waals surface area contributed by atoms with E-state index in [2.05, 4.69) is 0 Å². The summed E-state index contributed by atoms with van der Waals surface area (Å²) >= 11 is 0. The molecule has 0 aromatic carbocycles. The molecule has 0 bridgehead atoms. The fourth-order valence-corrected chi connectivity index (χ4v) is 2.75. The van der Waals surface area contributed by atoms with Gasteiger partial charge in [-0.3, -0.25) is 14.5 Å². The molecule has 1 aliphatic rings. The van der Waals surface area contributed by atoms with Crippen LogP contribution in [0.2, 0.25) is 0 Å². The summed E-state index contributed by atoms with van der Waals surface area (Å²) < 4.78 is 5.91. The molecule has 104 valence electrons. The molecule has 1 heterocycles. The van der Waals surface area contributed by atoms with Gasteiger partial charge < -0.3 is 15.6 Å². The normalized spacial score (nSPS) is 25.3. The highest BCUT2D eigenvalue weighted by atomic mass is 16.5. The van der Waals surface area contributed by atoms with Crippen molar-refractivity contribution in [2.45, 2.75) is 51.4 Å². The Morgan fingerprint density at radius 3 is 2.22 bits per heavy atom. The van der Waals surface area contributed by atoms with Crippen molar-refractivity contribution in [3.8, 4) is 0 Å². The molecule has 1 unspecified atom stereocenters. The predicted molar refractivity (Wildman–Crippen MR) is 66.1 cm³/mol. The maximum absolute atomic E-state index is 11.1. The molecule has 1 fully saturated rings. The molecule has 0 aromatic heterocycles. The SMILES string of the molecule is CC1(C)CC(N(CC(N)=O)CC(=O)O)C(C)(C)O1. The van der Waals surface area contributed by atoms with Crippen molar-refractivity contribution in [2.75, 3.05) is 13.1 Å². The number of nitrogens with zero attached hydrogens (tertiary/aromatic N) is 1. The third kappa shape index (κ3) is 3.68. The van der Waals surface area contributed by atoms with Crippen LogP contribution < -0.4 is 5.73 Å². The van der Waals surface area contributed by atoms with Gasteiger partial charge in [0.1, 0.15) is 0 Å². The van der Waals surface area contributed by atoms with Crippen molar-refractivity contribution < 1.29 is 19.4 Å². The van der Waals surface area contributed by atoms with Crippen molar-refractivity contribution >= 4 is 11.9 Å². The number of aliphatic carboxylic acids is 1. The van der Waals surface area contributed by atoms with Crippen LogP contribution in [0.3, 0.4) is 0 Å². The van der Waals surface area contributed by atoms with Crippen LogP contribution in [0, 0.1) is 0 Å². The van der Waals surface area contributed by atoms with Crippen molar-refractivity contribution in [2.24, 2.45) is 5.73 Å². The Balaban J connectivity index is 2.90. The number of carbonyl (C=O) groups excluding carboxylic acids is 1. The lowest BCUT2D eigenvalue weighted by Gasteiger charge is -2.34. The number of carboxylic acid groups (broad SMARTS) is 1. The maximum Gasteiger partial charge on any atom is 0.317 e. The van der Waals surface area contributed by atoms with Crippen LogP contribution in [0.25, 0.3) is 0 Å². The zero-order valence-corrected chi connectivity index (χ0v) is 11.4. The summed E-state index contributed by atoms with van der Waals surface area (Å²) in [4.78, 5) is 23.5. The van der Waals surface area contributed by atoms with E-state index in [4.69, 9.17) is 15.6 Å². The highest BCUT2D eigenvalue weighted by molar-refractivity contribution is 5.77. The molecule has 0 aromatic rings. The third-order valence-corrected chi connectivity index (χ3v) is 3.16. The lowest BCUT2D eigenvalue weighted by Crippen LogP contribution is -2.51. The van der Waals surface area contributed by atoms with Gasteiger partial charge in [0.05, 0.1) is 24.3 Å². The van der Waals surface area contributed by atoms with Gasteiger partial charge in [-0.2, -0.15) is 0 Å². The number of ether oxygens (including phenoxy) is 1. The van der Waals surface area contributed by atoms with E-state index in [1.54, 1.807) is 4.90 Å². The van der Waals surface area contributed by atoms with E-state index in [1.165, 1.54) is 0 Å². The number of hydrogen-bond donors (Lipinski definition) is 2. The Morgan fingerprint density at radius 2 is 1.89 bits per heavy atom. The lowest BCUT2D eigenvalue weighted by molar-refractivity contribution is -0.140. The summed E-state index contributed by atoms with van der Waals surface area (Å²) in [6.07, 6.45) is 0.667. The van der Waals surface area contributed by atoms with Crippen molar-refractivity contribution in [1.29, 1.82) is 0 Å². The first-order chi connectivity index (χ1) is 8.03. The van der Waals surface area contributed by atoms with Gasteiger partial charge in [-0.1, -0.05) is 0 Å². The molecule has 1 aliphatic heterocycles. The van der Waals surface area contributed by atoms with E-state index in [0.717, 1.165) is 0 Å². The van der Waals surface area contributed by atoms with Crippen LogP contribution in [0.1, 0.15) is 34.1 Å². The molecule has 0 saturated carbocycles. The van der Waals surface area contributed by atoms with Gasteiger partial charge in [0.25, 0.3) is 0 Å². The summed E-state index contributed by atoms with van der Waals surface area (Å²) in [6, 6.07) is -0.143. The van der Waals surface area contributed by atoms with Crippen LogP contribution in [-0.2, 0) is 14.3 Å². The predicted octanol–water partition coefficient (Wildman–Crippen LogP) is 0.204. The Labute approximate surface area is 107 Å². The monoisotopic (exact) mass is 258 g/mol. The van der Waals surface area contributed by atoms with Crippen molar-refractivity contribution in [3.63, 3.8) is 0 Å². The highest BCUT2D eigenvalue weighted by Gasteiger charge is 2.48. The second-order valence-electron chi connectivity index (χ2n) is 5.95. The first-order valence-electron chi connectivity index (χ1n) is 5.98. The van der Waals surface area contributed by atoms with E-state index in [1.807, 2.05) is 27.7 Å². The van der Waals surface area contributed by atoms with E-state index in [0.29, 0.717) is 6.42 Å². The molecule has 1 rings (SSSR count). The third-order valence-electron chi connectivity index (χ3n) is 3.16. The fourth-order valence-electron chi connectivity index (χ4n) is 2.75. The minimum atomic E-state index is -0.975. The summed E-state index contributed by atoms with van der Waals surface area (Å²) in [5, 5.41) is 8.92. The zero-order valence-electron chi connectivity index (χ0n) is 11.4. The number of carbonyl (C=O) groups is 2. The van der Waals surface area contributed by atoms with Crippen LogP contribution in [0.5, 0.6) is 0 Å². The standard InChI is InChI=1S/C12H22N2O4/c1-11(2)5-8(12(3,4)18-11)14(6-9(13)15)7-10(16)17/h8H,5-7H2,1-4H3,(H2,13,15)(H,16,17). The van der Waals surface area contributed by atoms with Gasteiger partial charge in [0.15, 0.2) is 0 Å². The Bertz CT molecular complexity index is 336. The van der Waals surface area contributed by atoms with Gasteiger partial charge in [-0.15, -0.1) is 0 Å². The molecule has 6 nitrogen and oxygen atoms in total. The summed E-state index contributed by atoms with van der Waals surface area (Å²) in [5.74, 6) is -1.51. The number of nitrogens with two attached hydrogens (primary N) is 1. The molecule has 0 spiro atoms. The molecule has 18 heavy (non-hydrogen) atoms. The van der Waals surface area contributed by atoms with Gasteiger partial charge in [-0.25, -0.2) is 0 Å². The molecular formula is C12H22N2O4. The summed E-state index contributed by atoms with van der Waals surface area (Å²) in [5.41, 5.74) is 4.34. The van der Waals surface area contributed by atoms with Gasteiger partial charge >= 0.3 is 5.97 Å². The van der Waals surface area contributed by atoms with Gasteiger partial charge in [0.2, 0.25) is 5.91 Å². The molecular weight excluding hydrogens is 236 g/mol. The van der Waals surface area contributed by atoms with Gasteiger partial charge in [-0.05, 0) is 34.1 Å². The average molecular weight is 258 g/mol.